The number of phenolic OH excluding ortho intramolecular Hbond substituents is 1. The van der Waals surface area contributed by atoms with Gasteiger partial charge in [0.1, 0.15) is 24.2 Å². The minimum absolute atomic E-state index is 0.0778. The van der Waals surface area contributed by atoms with Crippen LogP contribution < -0.4 is 10.1 Å². The average Bonchev–Trinajstić information content (AvgIpc) is 3.18. The van der Waals surface area contributed by atoms with Crippen LogP contribution in [0.5, 0.6) is 11.5 Å². The summed E-state index contributed by atoms with van der Waals surface area (Å²) in [7, 11) is 0. The molecular weight excluding hydrogens is 470 g/mol. The number of phenols is 1. The van der Waals surface area contributed by atoms with E-state index in [4.69, 9.17) is 14.2 Å². The molecule has 3 aromatic carbocycles. The van der Waals surface area contributed by atoms with Crippen molar-refractivity contribution < 1.29 is 33.7 Å². The van der Waals surface area contributed by atoms with E-state index >= 15 is 0 Å². The molecule has 180 valence electrons. The Balaban J connectivity index is 1.35. The highest BCUT2D eigenvalue weighted by atomic mass is 32.2. The highest BCUT2D eigenvalue weighted by Crippen LogP contribution is 2.26. The van der Waals surface area contributed by atoms with E-state index in [0.717, 1.165) is 17.3 Å². The predicted octanol–water partition coefficient (Wildman–Crippen LogP) is 4.24. The number of ether oxygens (including phenoxy) is 3. The number of thioether (sulfide) groups is 1. The van der Waals surface area contributed by atoms with Gasteiger partial charge < -0.3 is 19.3 Å². The van der Waals surface area contributed by atoms with Gasteiger partial charge in [-0.2, -0.15) is 0 Å². The summed E-state index contributed by atoms with van der Waals surface area (Å²) in [6.45, 7) is -0.197. The molecule has 1 fully saturated rings. The van der Waals surface area contributed by atoms with Gasteiger partial charge >= 0.3 is 5.97 Å². The monoisotopic (exact) mass is 493 g/mol. The summed E-state index contributed by atoms with van der Waals surface area (Å²) in [5, 5.41) is 11.4. The maximum absolute atomic E-state index is 12.2. The van der Waals surface area contributed by atoms with Crippen LogP contribution in [0.15, 0.2) is 78.9 Å². The van der Waals surface area contributed by atoms with E-state index in [-0.39, 0.29) is 30.3 Å². The number of aromatic hydroxyl groups is 1. The number of hydrogen-bond donors (Lipinski definition) is 2. The molecule has 0 radical (unpaired) electrons. The van der Waals surface area contributed by atoms with Gasteiger partial charge in [0.05, 0.1) is 10.8 Å². The van der Waals surface area contributed by atoms with Crippen molar-refractivity contribution in [2.75, 3.05) is 13.4 Å². The van der Waals surface area contributed by atoms with Crippen molar-refractivity contribution >= 4 is 28.9 Å². The van der Waals surface area contributed by atoms with Gasteiger partial charge in [0.25, 0.3) is 5.24 Å². The Morgan fingerprint density at radius 1 is 1.00 bits per heavy atom. The topological polar surface area (TPSA) is 111 Å². The second kappa shape index (κ2) is 11.5. The van der Waals surface area contributed by atoms with Crippen LogP contribution in [0, 0.1) is 0 Å². The van der Waals surface area contributed by atoms with Crippen LogP contribution in [0.2, 0.25) is 0 Å². The number of esters is 1. The van der Waals surface area contributed by atoms with Gasteiger partial charge in [-0.3, -0.25) is 14.9 Å². The molecule has 0 bridgehead atoms. The third kappa shape index (κ3) is 6.84. The van der Waals surface area contributed by atoms with Crippen LogP contribution in [-0.4, -0.2) is 40.9 Å². The van der Waals surface area contributed by atoms with Crippen LogP contribution in [-0.2, 0) is 20.7 Å². The molecule has 9 heteroatoms. The van der Waals surface area contributed by atoms with Gasteiger partial charge in [-0.25, -0.2) is 4.79 Å². The SMILES string of the molecule is O=C1NC(=O)C(Cc2ccc(OCC(OCOC(=O)c3ccccc3)c3cccc(O)c3)cc2)S1. The number of amides is 2. The van der Waals surface area contributed by atoms with E-state index in [1.807, 2.05) is 12.1 Å². The smallest absolute Gasteiger partial charge is 0.340 e. The van der Waals surface area contributed by atoms with E-state index in [1.54, 1.807) is 66.7 Å². The normalized spacial score (nSPS) is 15.9. The van der Waals surface area contributed by atoms with E-state index in [9.17, 15) is 19.5 Å². The van der Waals surface area contributed by atoms with Crippen molar-refractivity contribution in [1.29, 1.82) is 0 Å². The zero-order valence-electron chi connectivity index (χ0n) is 18.6. The minimum Gasteiger partial charge on any atom is -0.508 e. The summed E-state index contributed by atoms with van der Waals surface area (Å²) in [5.74, 6) is -0.135. The molecule has 8 nitrogen and oxygen atoms in total. The fourth-order valence-electron chi connectivity index (χ4n) is 3.43. The fraction of sp³-hybridized carbons (Fsp3) is 0.192. The number of benzene rings is 3. The van der Waals surface area contributed by atoms with Crippen molar-refractivity contribution in [2.24, 2.45) is 0 Å². The summed E-state index contributed by atoms with van der Waals surface area (Å²) < 4.78 is 16.9. The lowest BCUT2D eigenvalue weighted by Gasteiger charge is -2.19. The first-order valence-electron chi connectivity index (χ1n) is 10.8. The second-order valence-corrected chi connectivity index (χ2v) is 8.88. The van der Waals surface area contributed by atoms with E-state index in [1.165, 1.54) is 0 Å². The van der Waals surface area contributed by atoms with Crippen molar-refractivity contribution in [2.45, 2.75) is 17.8 Å². The highest BCUT2D eigenvalue weighted by Gasteiger charge is 2.31. The minimum atomic E-state index is -0.616. The molecular formula is C26H23NO7S. The van der Waals surface area contributed by atoms with E-state index in [0.29, 0.717) is 23.3 Å². The molecule has 1 aliphatic heterocycles. The summed E-state index contributed by atoms with van der Waals surface area (Å²) in [6.07, 6.45) is -0.181. The van der Waals surface area contributed by atoms with Crippen LogP contribution >= 0.6 is 11.8 Å². The Morgan fingerprint density at radius 2 is 1.77 bits per heavy atom. The van der Waals surface area contributed by atoms with E-state index < -0.39 is 17.3 Å². The molecule has 2 amide bonds. The van der Waals surface area contributed by atoms with Gasteiger partial charge in [0, 0.05) is 0 Å². The largest absolute Gasteiger partial charge is 0.508 e. The summed E-state index contributed by atoms with van der Waals surface area (Å²) in [4.78, 5) is 35.3. The molecule has 0 spiro atoms. The van der Waals surface area contributed by atoms with Crippen molar-refractivity contribution in [3.63, 3.8) is 0 Å². The molecule has 1 saturated heterocycles. The van der Waals surface area contributed by atoms with Gasteiger partial charge in [0.2, 0.25) is 5.91 Å². The highest BCUT2D eigenvalue weighted by molar-refractivity contribution is 8.15. The zero-order chi connectivity index (χ0) is 24.6. The lowest BCUT2D eigenvalue weighted by Crippen LogP contribution is -2.25. The quantitative estimate of drug-likeness (QED) is 0.319. The molecule has 0 aliphatic carbocycles. The molecule has 3 aromatic rings. The molecule has 2 atom stereocenters. The van der Waals surface area contributed by atoms with E-state index in [2.05, 4.69) is 5.32 Å². The third-order valence-corrected chi connectivity index (χ3v) is 6.20. The third-order valence-electron chi connectivity index (χ3n) is 5.22. The van der Waals surface area contributed by atoms with Crippen molar-refractivity contribution in [1.82, 2.24) is 5.32 Å². The van der Waals surface area contributed by atoms with Gasteiger partial charge in [0.15, 0.2) is 6.79 Å². The summed E-state index contributed by atoms with van der Waals surface area (Å²) in [5.41, 5.74) is 1.97. The van der Waals surface area contributed by atoms with Gasteiger partial charge in [-0.05, 0) is 53.9 Å². The number of rotatable bonds is 10. The molecule has 1 heterocycles. The fourth-order valence-corrected chi connectivity index (χ4v) is 4.29. The Kier molecular flexibility index (Phi) is 8.02. The predicted molar refractivity (Wildman–Crippen MR) is 129 cm³/mol. The van der Waals surface area contributed by atoms with Crippen LogP contribution in [0.1, 0.15) is 27.6 Å². The van der Waals surface area contributed by atoms with Gasteiger partial charge in [-0.1, -0.05) is 54.2 Å². The first-order valence-corrected chi connectivity index (χ1v) is 11.7. The Hall–Kier alpha value is -3.82. The standard InChI is InChI=1S/C26H23NO7S/c28-20-8-4-7-19(14-20)22(33-16-34-25(30)18-5-2-1-3-6-18)15-32-21-11-9-17(10-12-21)13-23-24(29)27-26(31)35-23/h1-12,14,22-23,28H,13,15-16H2,(H,27,29,31). The molecule has 0 aromatic heterocycles. The number of imide groups is 1. The molecule has 2 unspecified atom stereocenters. The summed E-state index contributed by atoms with van der Waals surface area (Å²) >= 11 is 0.990. The second-order valence-electron chi connectivity index (χ2n) is 7.71. The Bertz CT molecular complexity index is 1180. The maximum atomic E-state index is 12.2. The number of hydrogen-bond acceptors (Lipinski definition) is 8. The Morgan fingerprint density at radius 3 is 2.46 bits per heavy atom. The lowest BCUT2D eigenvalue weighted by molar-refractivity contribution is -0.118. The van der Waals surface area contributed by atoms with Crippen LogP contribution in [0.25, 0.3) is 0 Å². The van der Waals surface area contributed by atoms with Gasteiger partial charge in [-0.15, -0.1) is 0 Å². The van der Waals surface area contributed by atoms with Crippen molar-refractivity contribution in [3.05, 3.63) is 95.6 Å². The average molecular weight is 494 g/mol. The van der Waals surface area contributed by atoms with Crippen LogP contribution in [0.4, 0.5) is 4.79 Å². The zero-order valence-corrected chi connectivity index (χ0v) is 19.4. The first kappa shape index (κ1) is 24.3. The van der Waals surface area contributed by atoms with Crippen molar-refractivity contribution in [3.8, 4) is 11.5 Å². The Labute approximate surface area is 206 Å². The molecule has 2 N–H and O–H groups in total. The first-order chi connectivity index (χ1) is 17.0. The molecule has 0 saturated carbocycles. The maximum Gasteiger partial charge on any atom is 0.340 e. The van der Waals surface area contributed by atoms with Crippen LogP contribution in [0.3, 0.4) is 0 Å². The summed E-state index contributed by atoms with van der Waals surface area (Å²) in [6, 6.07) is 22.4. The number of carbonyl (C=O) groups excluding carboxylic acids is 3. The number of nitrogens with one attached hydrogen (secondary N) is 1. The lowest BCUT2D eigenvalue weighted by atomic mass is 10.1. The molecule has 4 rings (SSSR count). The molecule has 1 aliphatic rings. The molecule has 35 heavy (non-hydrogen) atoms. The number of carbonyl (C=O) groups is 3.